The standard InChI is InChI=1S/C17H15NO/c1-12-15-10-6-7-11-16(15)13(2)18(19)17(12)14-8-4-3-5-9-14/h3-11H,1-2H3. The normalized spacial score (nSPS) is 10.8. The van der Waals surface area contributed by atoms with Crippen molar-refractivity contribution < 1.29 is 4.73 Å². The van der Waals surface area contributed by atoms with Crippen LogP contribution in [0.5, 0.6) is 0 Å². The number of aryl methyl sites for hydroxylation is 2. The van der Waals surface area contributed by atoms with Crippen LogP contribution in [0.3, 0.4) is 0 Å². The Morgan fingerprint density at radius 2 is 1.37 bits per heavy atom. The van der Waals surface area contributed by atoms with E-state index in [1.807, 2.05) is 62.4 Å². The molecule has 3 rings (SSSR count). The third-order valence-electron chi connectivity index (χ3n) is 3.63. The first-order valence-corrected chi connectivity index (χ1v) is 6.37. The van der Waals surface area contributed by atoms with E-state index in [1.54, 1.807) is 0 Å². The van der Waals surface area contributed by atoms with E-state index >= 15 is 0 Å². The number of hydrogen-bond donors (Lipinski definition) is 0. The smallest absolute Gasteiger partial charge is 0.227 e. The van der Waals surface area contributed by atoms with Gasteiger partial charge in [-0.2, -0.15) is 4.73 Å². The van der Waals surface area contributed by atoms with E-state index in [0.29, 0.717) is 0 Å². The van der Waals surface area contributed by atoms with Crippen LogP contribution in [-0.2, 0) is 0 Å². The highest BCUT2D eigenvalue weighted by molar-refractivity contribution is 5.89. The van der Waals surface area contributed by atoms with Crippen molar-refractivity contribution in [1.29, 1.82) is 0 Å². The fourth-order valence-electron chi connectivity index (χ4n) is 2.61. The monoisotopic (exact) mass is 249 g/mol. The summed E-state index contributed by atoms with van der Waals surface area (Å²) in [7, 11) is 0. The van der Waals surface area contributed by atoms with Crippen LogP contribution >= 0.6 is 0 Å². The zero-order valence-corrected chi connectivity index (χ0v) is 11.1. The highest BCUT2D eigenvalue weighted by atomic mass is 16.5. The highest BCUT2D eigenvalue weighted by Gasteiger charge is 2.19. The molecule has 94 valence electrons. The van der Waals surface area contributed by atoms with Crippen molar-refractivity contribution in [2.45, 2.75) is 13.8 Å². The topological polar surface area (TPSA) is 26.9 Å². The van der Waals surface area contributed by atoms with Gasteiger partial charge in [0.1, 0.15) is 0 Å². The third-order valence-corrected chi connectivity index (χ3v) is 3.63. The lowest BCUT2D eigenvalue weighted by molar-refractivity contribution is -0.599. The number of fused-ring (bicyclic) bond motifs is 1. The Labute approximate surface area is 112 Å². The summed E-state index contributed by atoms with van der Waals surface area (Å²) < 4.78 is 1.05. The van der Waals surface area contributed by atoms with Crippen molar-refractivity contribution in [2.24, 2.45) is 0 Å². The van der Waals surface area contributed by atoms with E-state index < -0.39 is 0 Å². The predicted octanol–water partition coefficient (Wildman–Crippen LogP) is 3.76. The molecule has 0 unspecified atom stereocenters. The molecule has 3 aromatic rings. The van der Waals surface area contributed by atoms with Crippen LogP contribution in [-0.4, -0.2) is 0 Å². The van der Waals surface area contributed by atoms with Gasteiger partial charge in [0.2, 0.25) is 5.69 Å². The van der Waals surface area contributed by atoms with E-state index in [2.05, 4.69) is 6.07 Å². The van der Waals surface area contributed by atoms with Gasteiger partial charge in [-0.05, 0) is 30.5 Å². The zero-order chi connectivity index (χ0) is 13.4. The molecule has 0 saturated heterocycles. The average molecular weight is 249 g/mol. The summed E-state index contributed by atoms with van der Waals surface area (Å²) in [5.41, 5.74) is 3.49. The van der Waals surface area contributed by atoms with Gasteiger partial charge in [0, 0.05) is 18.1 Å². The lowest BCUT2D eigenvalue weighted by Crippen LogP contribution is -2.34. The summed E-state index contributed by atoms with van der Waals surface area (Å²) in [4.78, 5) is 0. The quantitative estimate of drug-likeness (QED) is 0.476. The summed E-state index contributed by atoms with van der Waals surface area (Å²) in [6, 6.07) is 17.9. The van der Waals surface area contributed by atoms with Crippen molar-refractivity contribution in [1.82, 2.24) is 0 Å². The van der Waals surface area contributed by atoms with Crippen molar-refractivity contribution in [3.05, 3.63) is 71.1 Å². The minimum Gasteiger partial charge on any atom is -0.618 e. The van der Waals surface area contributed by atoms with Crippen LogP contribution in [0, 0.1) is 19.1 Å². The molecule has 2 aromatic carbocycles. The Bertz CT molecular complexity index is 748. The van der Waals surface area contributed by atoms with E-state index in [-0.39, 0.29) is 0 Å². The molecule has 0 N–H and O–H groups in total. The Balaban J connectivity index is 2.44. The molecular weight excluding hydrogens is 234 g/mol. The first kappa shape index (κ1) is 11.7. The predicted molar refractivity (Wildman–Crippen MR) is 77.8 cm³/mol. The average Bonchev–Trinajstić information content (AvgIpc) is 2.46. The molecule has 0 radical (unpaired) electrons. The molecule has 0 bridgehead atoms. The third kappa shape index (κ3) is 1.76. The van der Waals surface area contributed by atoms with Crippen LogP contribution in [0.2, 0.25) is 0 Å². The Morgan fingerprint density at radius 3 is 2.05 bits per heavy atom. The second-order valence-electron chi connectivity index (χ2n) is 4.77. The van der Waals surface area contributed by atoms with Crippen LogP contribution in [0.4, 0.5) is 0 Å². The number of benzene rings is 2. The largest absolute Gasteiger partial charge is 0.618 e. The zero-order valence-electron chi connectivity index (χ0n) is 11.1. The Kier molecular flexibility index (Phi) is 2.71. The molecule has 1 heterocycles. The maximum atomic E-state index is 12.5. The van der Waals surface area contributed by atoms with Gasteiger partial charge in [0.15, 0.2) is 5.69 Å². The van der Waals surface area contributed by atoms with E-state index in [1.165, 1.54) is 0 Å². The molecule has 19 heavy (non-hydrogen) atoms. The second-order valence-corrected chi connectivity index (χ2v) is 4.77. The SMILES string of the molecule is Cc1c(-c2ccccc2)[n+]([O-])c(C)c2ccccc12. The first-order valence-electron chi connectivity index (χ1n) is 6.37. The molecule has 0 aliphatic rings. The molecule has 0 spiro atoms. The van der Waals surface area contributed by atoms with Gasteiger partial charge < -0.3 is 5.21 Å². The van der Waals surface area contributed by atoms with Gasteiger partial charge in [-0.25, -0.2) is 0 Å². The number of hydrogen-bond acceptors (Lipinski definition) is 1. The Hall–Kier alpha value is -2.35. The summed E-state index contributed by atoms with van der Waals surface area (Å²) in [5.74, 6) is 0. The number of aromatic nitrogens is 1. The van der Waals surface area contributed by atoms with E-state index in [4.69, 9.17) is 0 Å². The van der Waals surface area contributed by atoms with Gasteiger partial charge >= 0.3 is 0 Å². The minimum absolute atomic E-state index is 0.747. The van der Waals surface area contributed by atoms with E-state index in [9.17, 15) is 5.21 Å². The van der Waals surface area contributed by atoms with Crippen LogP contribution in [0.25, 0.3) is 22.0 Å². The Morgan fingerprint density at radius 1 is 0.789 bits per heavy atom. The van der Waals surface area contributed by atoms with Gasteiger partial charge in [0.05, 0.1) is 5.39 Å². The summed E-state index contributed by atoms with van der Waals surface area (Å²) >= 11 is 0. The molecule has 0 atom stereocenters. The van der Waals surface area contributed by atoms with Gasteiger partial charge in [0.25, 0.3) is 0 Å². The fourth-order valence-corrected chi connectivity index (χ4v) is 2.61. The molecule has 2 nitrogen and oxygen atoms in total. The number of nitrogens with zero attached hydrogens (tertiary/aromatic N) is 1. The molecule has 0 saturated carbocycles. The highest BCUT2D eigenvalue weighted by Crippen LogP contribution is 2.27. The molecule has 0 fully saturated rings. The molecule has 0 aliphatic carbocycles. The lowest BCUT2D eigenvalue weighted by atomic mass is 9.99. The maximum absolute atomic E-state index is 12.5. The maximum Gasteiger partial charge on any atom is 0.227 e. The summed E-state index contributed by atoms with van der Waals surface area (Å²) in [6.45, 7) is 3.89. The van der Waals surface area contributed by atoms with E-state index in [0.717, 1.165) is 38.0 Å². The van der Waals surface area contributed by atoms with Crippen molar-refractivity contribution in [3.63, 3.8) is 0 Å². The minimum atomic E-state index is 0.747. The fraction of sp³-hybridized carbons (Fsp3) is 0.118. The molecule has 2 heteroatoms. The van der Waals surface area contributed by atoms with Crippen LogP contribution in [0.15, 0.2) is 54.6 Å². The van der Waals surface area contributed by atoms with Crippen molar-refractivity contribution in [2.75, 3.05) is 0 Å². The van der Waals surface area contributed by atoms with Gasteiger partial charge in [-0.3, -0.25) is 0 Å². The summed E-state index contributed by atoms with van der Waals surface area (Å²) in [5, 5.41) is 14.7. The first-order chi connectivity index (χ1) is 9.20. The summed E-state index contributed by atoms with van der Waals surface area (Å²) in [6.07, 6.45) is 0. The van der Waals surface area contributed by atoms with Crippen LogP contribution in [0.1, 0.15) is 11.3 Å². The van der Waals surface area contributed by atoms with Crippen molar-refractivity contribution in [3.8, 4) is 11.3 Å². The molecule has 0 amide bonds. The molecule has 1 aromatic heterocycles. The van der Waals surface area contributed by atoms with Gasteiger partial charge in [-0.15, -0.1) is 0 Å². The van der Waals surface area contributed by atoms with Crippen LogP contribution < -0.4 is 4.73 Å². The lowest BCUT2D eigenvalue weighted by Gasteiger charge is -2.13. The second kappa shape index (κ2) is 4.39. The van der Waals surface area contributed by atoms with Gasteiger partial charge in [-0.1, -0.05) is 36.4 Å². The number of pyridine rings is 1. The molecule has 0 aliphatic heterocycles. The molecular formula is C17H15NO. The number of rotatable bonds is 1. The van der Waals surface area contributed by atoms with Crippen molar-refractivity contribution >= 4 is 10.8 Å².